The number of thiocarbonyl (C=S) groups is 1. The van der Waals surface area contributed by atoms with E-state index in [1.54, 1.807) is 12.1 Å². The van der Waals surface area contributed by atoms with E-state index < -0.39 is 0 Å². The number of aryl methyl sites for hydroxylation is 1. The first kappa shape index (κ1) is 24.6. The quantitative estimate of drug-likeness (QED) is 0.121. The SMILES string of the molecule is CCCCc1nc2c(N)nc3ccc(CCOCCN=C=S)cc3c2n1Cc1cccc(O)c1O. The maximum Gasteiger partial charge on any atom is 0.162 e. The van der Waals surface area contributed by atoms with Crippen LogP contribution in [0.2, 0.25) is 0 Å². The Labute approximate surface area is 209 Å². The van der Waals surface area contributed by atoms with E-state index in [2.05, 4.69) is 44.9 Å². The number of aromatic nitrogens is 3. The van der Waals surface area contributed by atoms with Gasteiger partial charge in [-0.25, -0.2) is 15.0 Å². The highest BCUT2D eigenvalue weighted by molar-refractivity contribution is 7.78. The van der Waals surface area contributed by atoms with Crippen molar-refractivity contribution in [2.75, 3.05) is 25.5 Å². The number of phenols is 2. The van der Waals surface area contributed by atoms with Gasteiger partial charge in [0.1, 0.15) is 11.3 Å². The highest BCUT2D eigenvalue weighted by Gasteiger charge is 2.19. The van der Waals surface area contributed by atoms with E-state index in [0.29, 0.717) is 43.2 Å². The Morgan fingerprint density at radius 1 is 1.14 bits per heavy atom. The minimum atomic E-state index is -0.147. The highest BCUT2D eigenvalue weighted by atomic mass is 32.1. The zero-order valence-corrected chi connectivity index (χ0v) is 20.5. The summed E-state index contributed by atoms with van der Waals surface area (Å²) in [5.41, 5.74) is 10.3. The first-order chi connectivity index (χ1) is 17.0. The highest BCUT2D eigenvalue weighted by Crippen LogP contribution is 2.34. The van der Waals surface area contributed by atoms with E-state index in [1.807, 2.05) is 12.1 Å². The van der Waals surface area contributed by atoms with Crippen LogP contribution in [-0.2, 0) is 24.1 Å². The third kappa shape index (κ3) is 5.43. The number of imidazole rings is 1. The van der Waals surface area contributed by atoms with Crippen LogP contribution in [0.1, 0.15) is 36.7 Å². The second-order valence-electron chi connectivity index (χ2n) is 8.38. The van der Waals surface area contributed by atoms with E-state index in [9.17, 15) is 10.2 Å². The van der Waals surface area contributed by atoms with Crippen LogP contribution >= 0.6 is 12.2 Å². The Hall–Kier alpha value is -3.52. The lowest BCUT2D eigenvalue weighted by Crippen LogP contribution is -2.06. The first-order valence-corrected chi connectivity index (χ1v) is 12.1. The Kier molecular flexibility index (Phi) is 7.92. The number of pyridine rings is 1. The van der Waals surface area contributed by atoms with E-state index in [1.165, 1.54) is 6.07 Å². The van der Waals surface area contributed by atoms with Gasteiger partial charge in [-0.05, 0) is 48.8 Å². The molecule has 0 fully saturated rings. The van der Waals surface area contributed by atoms with E-state index in [-0.39, 0.29) is 11.5 Å². The Balaban J connectivity index is 1.78. The molecule has 0 spiro atoms. The fraction of sp³-hybridized carbons (Fsp3) is 0.346. The zero-order chi connectivity index (χ0) is 24.8. The number of nitrogens with two attached hydrogens (primary N) is 1. The minimum Gasteiger partial charge on any atom is -0.504 e. The summed E-state index contributed by atoms with van der Waals surface area (Å²) in [4.78, 5) is 13.3. The molecule has 4 N–H and O–H groups in total. The van der Waals surface area contributed by atoms with E-state index in [0.717, 1.165) is 53.5 Å². The molecule has 8 nitrogen and oxygen atoms in total. The van der Waals surface area contributed by atoms with Crippen molar-refractivity contribution in [3.8, 4) is 11.5 Å². The molecule has 35 heavy (non-hydrogen) atoms. The molecule has 4 aromatic rings. The van der Waals surface area contributed by atoms with Crippen molar-refractivity contribution >= 4 is 45.1 Å². The van der Waals surface area contributed by atoms with Crippen molar-refractivity contribution in [2.45, 2.75) is 39.2 Å². The van der Waals surface area contributed by atoms with Crippen molar-refractivity contribution in [1.82, 2.24) is 14.5 Å². The third-order valence-electron chi connectivity index (χ3n) is 5.97. The number of para-hydroxylation sites is 1. The molecular formula is C26H29N5O3S. The number of isothiocyanates is 1. The minimum absolute atomic E-state index is 0.127. The molecule has 2 aromatic carbocycles. The van der Waals surface area contributed by atoms with Gasteiger partial charge in [-0.3, -0.25) is 0 Å². The predicted octanol–water partition coefficient (Wildman–Crippen LogP) is 4.63. The number of unbranched alkanes of at least 4 members (excludes halogenated alkanes) is 1. The first-order valence-electron chi connectivity index (χ1n) is 11.7. The summed E-state index contributed by atoms with van der Waals surface area (Å²) in [7, 11) is 0. The molecular weight excluding hydrogens is 462 g/mol. The van der Waals surface area contributed by atoms with Gasteiger partial charge in [0.25, 0.3) is 0 Å². The number of ether oxygens (including phenoxy) is 1. The number of phenolic OH excluding ortho intramolecular Hbond substituents is 2. The summed E-state index contributed by atoms with van der Waals surface area (Å²) in [5, 5.41) is 23.8. The molecule has 0 aliphatic heterocycles. The molecule has 9 heteroatoms. The van der Waals surface area contributed by atoms with E-state index in [4.69, 9.17) is 15.5 Å². The van der Waals surface area contributed by atoms with Crippen LogP contribution in [0, 0.1) is 0 Å². The molecule has 2 heterocycles. The fourth-order valence-corrected chi connectivity index (χ4v) is 4.27. The molecule has 0 saturated carbocycles. The molecule has 0 atom stereocenters. The number of benzene rings is 2. The second-order valence-corrected chi connectivity index (χ2v) is 8.57. The standard InChI is InChI=1S/C26H29N5O3S/c1-2-3-7-22-30-23-24(31(22)15-18-5-4-6-21(32)25(18)33)19-14-17(8-9-20(19)29-26(23)27)10-12-34-13-11-28-16-35/h4-6,8-9,14,32-33H,2-3,7,10-13,15H2,1H3,(H2,27,29). The molecule has 0 unspecified atom stereocenters. The van der Waals surface area contributed by atoms with Crippen molar-refractivity contribution in [2.24, 2.45) is 4.99 Å². The number of fused-ring (bicyclic) bond motifs is 3. The molecule has 0 saturated heterocycles. The largest absolute Gasteiger partial charge is 0.504 e. The van der Waals surface area contributed by atoms with Crippen LogP contribution in [0.3, 0.4) is 0 Å². The maximum absolute atomic E-state index is 10.5. The molecule has 0 amide bonds. The number of nitrogens with zero attached hydrogens (tertiary/aromatic N) is 4. The molecule has 0 aliphatic rings. The van der Waals surface area contributed by atoms with Crippen molar-refractivity contribution in [3.63, 3.8) is 0 Å². The van der Waals surface area contributed by atoms with Crippen LogP contribution in [0.5, 0.6) is 11.5 Å². The van der Waals surface area contributed by atoms with Crippen LogP contribution < -0.4 is 5.73 Å². The monoisotopic (exact) mass is 491 g/mol. The molecule has 0 aliphatic carbocycles. The van der Waals surface area contributed by atoms with Crippen molar-refractivity contribution < 1.29 is 14.9 Å². The van der Waals surface area contributed by atoms with Crippen LogP contribution in [0.4, 0.5) is 5.82 Å². The van der Waals surface area contributed by atoms with E-state index >= 15 is 0 Å². The normalized spacial score (nSPS) is 11.2. The van der Waals surface area contributed by atoms with Gasteiger partial charge in [-0.15, -0.1) is 0 Å². The number of rotatable bonds is 11. The van der Waals surface area contributed by atoms with Crippen LogP contribution in [-0.4, -0.2) is 49.7 Å². The average molecular weight is 492 g/mol. The summed E-state index contributed by atoms with van der Waals surface area (Å²) >= 11 is 4.57. The second kappa shape index (κ2) is 11.3. The van der Waals surface area contributed by atoms with Gasteiger partial charge in [0, 0.05) is 17.4 Å². The summed E-state index contributed by atoms with van der Waals surface area (Å²) in [5.74, 6) is 0.974. The number of aliphatic imine (C=N–C) groups is 1. The lowest BCUT2D eigenvalue weighted by Gasteiger charge is -2.13. The van der Waals surface area contributed by atoms with Crippen molar-refractivity contribution in [1.29, 1.82) is 0 Å². The average Bonchev–Trinajstić information content (AvgIpc) is 3.22. The summed E-state index contributed by atoms with van der Waals surface area (Å²) < 4.78 is 7.74. The summed E-state index contributed by atoms with van der Waals surface area (Å²) in [6.07, 6.45) is 3.49. The number of nitrogen functional groups attached to an aromatic ring is 1. The van der Waals surface area contributed by atoms with Gasteiger partial charge >= 0.3 is 0 Å². The predicted molar refractivity (Wildman–Crippen MR) is 141 cm³/mol. The van der Waals surface area contributed by atoms with Crippen LogP contribution in [0.15, 0.2) is 41.4 Å². The zero-order valence-electron chi connectivity index (χ0n) is 19.7. The van der Waals surface area contributed by atoms with Crippen molar-refractivity contribution in [3.05, 3.63) is 53.3 Å². The fourth-order valence-electron chi connectivity index (χ4n) is 4.18. The number of aromatic hydroxyl groups is 2. The Morgan fingerprint density at radius 2 is 2.00 bits per heavy atom. The Morgan fingerprint density at radius 3 is 2.80 bits per heavy atom. The maximum atomic E-state index is 10.5. The third-order valence-corrected chi connectivity index (χ3v) is 6.10. The Bertz CT molecular complexity index is 1400. The van der Waals surface area contributed by atoms with Gasteiger partial charge in [-0.2, -0.15) is 0 Å². The number of hydrogen-bond donors (Lipinski definition) is 3. The lowest BCUT2D eigenvalue weighted by molar-refractivity contribution is 0.145. The number of anilines is 1. The van der Waals surface area contributed by atoms with Gasteiger partial charge in [0.05, 0.1) is 42.5 Å². The molecule has 2 aromatic heterocycles. The van der Waals surface area contributed by atoms with Crippen LogP contribution in [0.25, 0.3) is 21.9 Å². The molecule has 0 bridgehead atoms. The lowest BCUT2D eigenvalue weighted by atomic mass is 10.1. The molecule has 0 radical (unpaired) electrons. The van der Waals surface area contributed by atoms with Gasteiger partial charge in [0.15, 0.2) is 17.3 Å². The topological polar surface area (TPSA) is 119 Å². The van der Waals surface area contributed by atoms with Gasteiger partial charge < -0.3 is 25.3 Å². The molecule has 182 valence electrons. The molecule has 4 rings (SSSR count). The summed E-state index contributed by atoms with van der Waals surface area (Å²) in [6, 6.07) is 11.1. The van der Waals surface area contributed by atoms with Gasteiger partial charge in [-0.1, -0.05) is 31.5 Å². The van der Waals surface area contributed by atoms with Gasteiger partial charge in [0.2, 0.25) is 0 Å². The smallest absolute Gasteiger partial charge is 0.162 e. The summed E-state index contributed by atoms with van der Waals surface area (Å²) in [6.45, 7) is 4.05. The number of hydrogen-bond acceptors (Lipinski definition) is 8.